The Morgan fingerprint density at radius 2 is 1.57 bits per heavy atom. The standard InChI is InChI=1S/C22H28O/c1-2-3-4-9-16-20-17-21(18-12-7-5-8-13-18)22(20,23)19-14-10-6-11-15-19/h5-8,10-15,20-21,23H,2-4,9,16-17H2,1H3. The molecule has 0 amide bonds. The maximum atomic E-state index is 11.6. The number of hydrogen-bond donors (Lipinski definition) is 1. The Labute approximate surface area is 140 Å². The SMILES string of the molecule is CCCCCCC1CC(c2ccccc2)C1(O)c1ccccc1. The van der Waals surface area contributed by atoms with Crippen molar-refractivity contribution in [3.05, 3.63) is 71.8 Å². The third kappa shape index (κ3) is 3.21. The van der Waals surface area contributed by atoms with E-state index in [1.807, 2.05) is 24.3 Å². The van der Waals surface area contributed by atoms with Crippen LogP contribution in [-0.4, -0.2) is 5.11 Å². The van der Waals surface area contributed by atoms with Gasteiger partial charge in [0.15, 0.2) is 0 Å². The van der Waals surface area contributed by atoms with Crippen molar-refractivity contribution >= 4 is 0 Å². The van der Waals surface area contributed by atoms with Crippen molar-refractivity contribution in [3.8, 4) is 0 Å². The van der Waals surface area contributed by atoms with Gasteiger partial charge in [-0.1, -0.05) is 93.3 Å². The minimum absolute atomic E-state index is 0.224. The third-order valence-corrected chi connectivity index (χ3v) is 5.52. The van der Waals surface area contributed by atoms with E-state index in [1.165, 1.54) is 31.2 Å². The zero-order valence-electron chi connectivity index (χ0n) is 14.1. The molecule has 0 saturated heterocycles. The van der Waals surface area contributed by atoms with Crippen molar-refractivity contribution in [1.29, 1.82) is 0 Å². The van der Waals surface area contributed by atoms with Crippen molar-refractivity contribution in [2.45, 2.75) is 57.0 Å². The second kappa shape index (κ2) is 7.31. The van der Waals surface area contributed by atoms with Crippen LogP contribution in [0.3, 0.4) is 0 Å². The molecule has 0 spiro atoms. The number of aliphatic hydroxyl groups is 1. The van der Waals surface area contributed by atoms with E-state index in [2.05, 4.69) is 43.3 Å². The Bertz CT molecular complexity index is 592. The van der Waals surface area contributed by atoms with Gasteiger partial charge in [0, 0.05) is 5.92 Å². The van der Waals surface area contributed by atoms with Crippen molar-refractivity contribution in [3.63, 3.8) is 0 Å². The van der Waals surface area contributed by atoms with Crippen LogP contribution in [0.5, 0.6) is 0 Å². The summed E-state index contributed by atoms with van der Waals surface area (Å²) in [5.41, 5.74) is 1.65. The summed E-state index contributed by atoms with van der Waals surface area (Å²) in [5.74, 6) is 0.606. The van der Waals surface area contributed by atoms with Crippen LogP contribution in [0.2, 0.25) is 0 Å². The molecule has 1 N–H and O–H groups in total. The summed E-state index contributed by atoms with van der Waals surface area (Å²) in [6.45, 7) is 2.25. The van der Waals surface area contributed by atoms with Crippen LogP contribution in [0.15, 0.2) is 60.7 Å². The molecule has 1 saturated carbocycles. The molecule has 0 aliphatic heterocycles. The highest BCUT2D eigenvalue weighted by atomic mass is 16.3. The third-order valence-electron chi connectivity index (χ3n) is 5.52. The Morgan fingerprint density at radius 3 is 2.22 bits per heavy atom. The summed E-state index contributed by atoms with van der Waals surface area (Å²) in [5, 5.41) is 11.6. The molecule has 2 aromatic carbocycles. The zero-order valence-corrected chi connectivity index (χ0v) is 14.1. The van der Waals surface area contributed by atoms with E-state index in [0.29, 0.717) is 5.92 Å². The molecule has 1 aliphatic carbocycles. The quantitative estimate of drug-likeness (QED) is 0.655. The lowest BCUT2D eigenvalue weighted by Crippen LogP contribution is -2.51. The molecule has 1 nitrogen and oxygen atoms in total. The summed E-state index contributed by atoms with van der Waals surface area (Å²) >= 11 is 0. The van der Waals surface area contributed by atoms with E-state index in [-0.39, 0.29) is 5.92 Å². The molecule has 122 valence electrons. The summed E-state index contributed by atoms with van der Waals surface area (Å²) in [6, 6.07) is 20.8. The molecule has 23 heavy (non-hydrogen) atoms. The zero-order chi connectivity index (χ0) is 16.1. The first kappa shape index (κ1) is 16.3. The van der Waals surface area contributed by atoms with Gasteiger partial charge in [-0.2, -0.15) is 0 Å². The first-order valence-corrected chi connectivity index (χ1v) is 9.09. The van der Waals surface area contributed by atoms with Crippen LogP contribution in [0, 0.1) is 5.92 Å². The molecule has 3 unspecified atom stereocenters. The van der Waals surface area contributed by atoms with E-state index < -0.39 is 5.60 Å². The van der Waals surface area contributed by atoms with Crippen LogP contribution in [0.25, 0.3) is 0 Å². The molecule has 1 heteroatoms. The molecule has 1 aliphatic rings. The van der Waals surface area contributed by atoms with Crippen molar-refractivity contribution < 1.29 is 5.11 Å². The van der Waals surface area contributed by atoms with Gasteiger partial charge in [-0.15, -0.1) is 0 Å². The normalized spacial score (nSPS) is 26.7. The number of benzene rings is 2. The van der Waals surface area contributed by atoms with Gasteiger partial charge in [-0.05, 0) is 29.9 Å². The first-order chi connectivity index (χ1) is 11.3. The fourth-order valence-corrected chi connectivity index (χ4v) is 4.14. The van der Waals surface area contributed by atoms with Crippen molar-refractivity contribution in [1.82, 2.24) is 0 Å². The molecule has 0 heterocycles. The Kier molecular flexibility index (Phi) is 5.17. The van der Waals surface area contributed by atoms with Crippen LogP contribution in [-0.2, 0) is 5.60 Å². The molecule has 2 aromatic rings. The van der Waals surface area contributed by atoms with Crippen LogP contribution >= 0.6 is 0 Å². The predicted molar refractivity (Wildman–Crippen MR) is 96.4 cm³/mol. The summed E-state index contributed by atoms with van der Waals surface area (Å²) in [6.07, 6.45) is 7.32. The summed E-state index contributed by atoms with van der Waals surface area (Å²) < 4.78 is 0. The molecule has 1 fully saturated rings. The second-order valence-electron chi connectivity index (χ2n) is 6.94. The molecule has 0 aromatic heterocycles. The number of hydrogen-bond acceptors (Lipinski definition) is 1. The monoisotopic (exact) mass is 308 g/mol. The molecule has 3 rings (SSSR count). The van der Waals surface area contributed by atoms with Gasteiger partial charge in [-0.25, -0.2) is 0 Å². The van der Waals surface area contributed by atoms with Gasteiger partial charge in [0.2, 0.25) is 0 Å². The largest absolute Gasteiger partial charge is 0.384 e. The lowest BCUT2D eigenvalue weighted by molar-refractivity contribution is -0.129. The first-order valence-electron chi connectivity index (χ1n) is 9.09. The maximum Gasteiger partial charge on any atom is 0.0993 e. The average Bonchev–Trinajstić information content (AvgIpc) is 2.61. The topological polar surface area (TPSA) is 20.2 Å². The van der Waals surface area contributed by atoms with Crippen molar-refractivity contribution in [2.75, 3.05) is 0 Å². The predicted octanol–water partition coefficient (Wildman–Crippen LogP) is 5.65. The van der Waals surface area contributed by atoms with E-state index in [4.69, 9.17) is 0 Å². The second-order valence-corrected chi connectivity index (χ2v) is 6.94. The minimum atomic E-state index is -0.700. The van der Waals surface area contributed by atoms with Crippen LogP contribution < -0.4 is 0 Å². The number of rotatable bonds is 7. The van der Waals surface area contributed by atoms with E-state index in [1.54, 1.807) is 0 Å². The van der Waals surface area contributed by atoms with Gasteiger partial charge in [0.1, 0.15) is 0 Å². The molecular weight excluding hydrogens is 280 g/mol. The van der Waals surface area contributed by atoms with Gasteiger partial charge in [0.25, 0.3) is 0 Å². The molecule has 3 atom stereocenters. The van der Waals surface area contributed by atoms with E-state index >= 15 is 0 Å². The highest BCUT2D eigenvalue weighted by molar-refractivity contribution is 5.36. The van der Waals surface area contributed by atoms with Crippen LogP contribution in [0.4, 0.5) is 0 Å². The minimum Gasteiger partial charge on any atom is -0.384 e. The van der Waals surface area contributed by atoms with E-state index in [9.17, 15) is 5.11 Å². The lowest BCUT2D eigenvalue weighted by Gasteiger charge is -2.53. The van der Waals surface area contributed by atoms with Crippen molar-refractivity contribution in [2.24, 2.45) is 5.92 Å². The lowest BCUT2D eigenvalue weighted by atomic mass is 9.54. The van der Waals surface area contributed by atoms with Gasteiger partial charge >= 0.3 is 0 Å². The smallest absolute Gasteiger partial charge is 0.0993 e. The molecule has 0 bridgehead atoms. The van der Waals surface area contributed by atoms with E-state index in [0.717, 1.165) is 18.4 Å². The van der Waals surface area contributed by atoms with Gasteiger partial charge < -0.3 is 5.11 Å². The molecule has 0 radical (unpaired) electrons. The molecular formula is C22H28O. The fraction of sp³-hybridized carbons (Fsp3) is 0.455. The number of unbranched alkanes of at least 4 members (excludes halogenated alkanes) is 3. The summed E-state index contributed by atoms with van der Waals surface area (Å²) in [4.78, 5) is 0. The highest BCUT2D eigenvalue weighted by Crippen LogP contribution is 2.58. The Hall–Kier alpha value is -1.60. The maximum absolute atomic E-state index is 11.6. The average molecular weight is 308 g/mol. The summed E-state index contributed by atoms with van der Waals surface area (Å²) in [7, 11) is 0. The van der Waals surface area contributed by atoms with Gasteiger partial charge in [-0.3, -0.25) is 0 Å². The highest BCUT2D eigenvalue weighted by Gasteiger charge is 2.54. The Morgan fingerprint density at radius 1 is 0.913 bits per heavy atom. The van der Waals surface area contributed by atoms with Crippen LogP contribution in [0.1, 0.15) is 62.5 Å². The Balaban J connectivity index is 1.80. The fourth-order valence-electron chi connectivity index (χ4n) is 4.14. The van der Waals surface area contributed by atoms with Gasteiger partial charge in [0.05, 0.1) is 5.60 Å².